The molecule has 1 aromatic heterocycles. The van der Waals surface area contributed by atoms with Crippen LogP contribution in [0.25, 0.3) is 10.1 Å². The summed E-state index contributed by atoms with van der Waals surface area (Å²) in [5.74, 6) is -0.765. The summed E-state index contributed by atoms with van der Waals surface area (Å²) in [6.07, 6.45) is -0.856. The van der Waals surface area contributed by atoms with Crippen molar-refractivity contribution in [3.8, 4) is 5.75 Å². The second-order valence-corrected chi connectivity index (χ2v) is 11.2. The summed E-state index contributed by atoms with van der Waals surface area (Å²) in [6, 6.07) is 4.96. The molecule has 0 radical (unpaired) electrons. The summed E-state index contributed by atoms with van der Waals surface area (Å²) in [7, 11) is -1.13. The smallest absolute Gasteiger partial charge is 0.414 e. The number of sulfonamides is 1. The van der Waals surface area contributed by atoms with Gasteiger partial charge in [-0.25, -0.2) is 26.9 Å². The molecule has 1 aliphatic rings. The first-order valence-corrected chi connectivity index (χ1v) is 11.5. The van der Waals surface area contributed by atoms with Gasteiger partial charge in [-0.05, 0) is 33.8 Å². The number of carbonyl (C=O) groups excluding carboxylic acids is 1. The van der Waals surface area contributed by atoms with E-state index in [4.69, 9.17) is 9.47 Å². The molecular formula is C19H24FN3O5S2. The first-order chi connectivity index (χ1) is 13.8. The van der Waals surface area contributed by atoms with Crippen molar-refractivity contribution < 1.29 is 27.1 Å². The van der Waals surface area contributed by atoms with Crippen LogP contribution in [0, 0.1) is 5.82 Å². The van der Waals surface area contributed by atoms with Crippen LogP contribution in [0.2, 0.25) is 0 Å². The normalized spacial score (nSPS) is 21.3. The number of ether oxygens (including phenoxy) is 2. The van der Waals surface area contributed by atoms with Crippen molar-refractivity contribution in [3.63, 3.8) is 0 Å². The predicted octanol–water partition coefficient (Wildman–Crippen LogP) is 3.42. The SMILES string of the molecule is COc1cccc2c(F)c(C3(C)CS(=O)(=O)N(C)C(NC(=O)OC(C)(C)C)=N3)sc12. The molecule has 30 heavy (non-hydrogen) atoms. The van der Waals surface area contributed by atoms with Crippen LogP contribution in [0.3, 0.4) is 0 Å². The number of alkyl carbamates (subject to hydrolysis) is 1. The van der Waals surface area contributed by atoms with Gasteiger partial charge in [0.25, 0.3) is 0 Å². The molecule has 1 unspecified atom stereocenters. The van der Waals surface area contributed by atoms with Gasteiger partial charge in [-0.15, -0.1) is 11.3 Å². The van der Waals surface area contributed by atoms with Gasteiger partial charge in [0.2, 0.25) is 16.0 Å². The van der Waals surface area contributed by atoms with E-state index in [2.05, 4.69) is 10.3 Å². The lowest BCUT2D eigenvalue weighted by Gasteiger charge is -2.35. The molecule has 0 saturated carbocycles. The summed E-state index contributed by atoms with van der Waals surface area (Å²) in [6.45, 7) is 6.56. The third-order valence-electron chi connectivity index (χ3n) is 4.47. The average Bonchev–Trinajstić information content (AvgIpc) is 2.95. The maximum Gasteiger partial charge on any atom is 0.414 e. The minimum absolute atomic E-state index is 0.141. The second-order valence-electron chi connectivity index (χ2n) is 8.14. The number of hydrogen-bond donors (Lipinski definition) is 1. The number of thiophene rings is 1. The lowest BCUT2D eigenvalue weighted by atomic mass is 10.0. The topological polar surface area (TPSA) is 97.3 Å². The van der Waals surface area contributed by atoms with Crippen LogP contribution in [0.5, 0.6) is 5.75 Å². The minimum atomic E-state index is -3.88. The van der Waals surface area contributed by atoms with Crippen molar-refractivity contribution in [3.05, 3.63) is 28.9 Å². The van der Waals surface area contributed by atoms with Crippen LogP contribution in [0.4, 0.5) is 9.18 Å². The Bertz CT molecular complexity index is 1140. The van der Waals surface area contributed by atoms with Gasteiger partial charge >= 0.3 is 6.09 Å². The lowest BCUT2D eigenvalue weighted by molar-refractivity contribution is 0.0559. The molecular weight excluding hydrogens is 433 g/mol. The van der Waals surface area contributed by atoms with E-state index in [0.29, 0.717) is 15.8 Å². The number of carbonyl (C=O) groups is 1. The Morgan fingerprint density at radius 3 is 2.63 bits per heavy atom. The standard InChI is InChI=1S/C19H24FN3O5S2/c1-18(2,3)28-17(24)21-16-22-19(4,10-30(25,26)23(16)5)15-13(20)11-8-7-9-12(27-6)14(11)29-15/h7-9H,10H2,1-6H3,(H,21,22,24). The Kier molecular flexibility index (Phi) is 5.48. The molecule has 1 aliphatic heterocycles. The molecule has 0 bridgehead atoms. The Hall–Kier alpha value is -2.40. The number of amides is 1. The first-order valence-electron chi connectivity index (χ1n) is 9.09. The van der Waals surface area contributed by atoms with Gasteiger partial charge in [-0.1, -0.05) is 12.1 Å². The molecule has 2 aromatic rings. The fraction of sp³-hybridized carbons (Fsp3) is 0.474. The summed E-state index contributed by atoms with van der Waals surface area (Å²) in [5.41, 5.74) is -2.23. The number of nitrogens with zero attached hydrogens (tertiary/aromatic N) is 2. The third kappa shape index (κ3) is 4.08. The van der Waals surface area contributed by atoms with E-state index in [1.54, 1.807) is 39.0 Å². The number of methoxy groups -OCH3 is 1. The molecule has 3 rings (SSSR count). The van der Waals surface area contributed by atoms with Gasteiger partial charge in [0.15, 0.2) is 0 Å². The van der Waals surface area contributed by atoms with Gasteiger partial charge in [0, 0.05) is 12.4 Å². The average molecular weight is 458 g/mol. The summed E-state index contributed by atoms with van der Waals surface area (Å²) in [5, 5.41) is 2.70. The number of fused-ring (bicyclic) bond motifs is 1. The number of aliphatic imine (C=N–C) groups is 1. The fourth-order valence-electron chi connectivity index (χ4n) is 3.11. The first kappa shape index (κ1) is 22.3. The highest BCUT2D eigenvalue weighted by molar-refractivity contribution is 7.89. The highest BCUT2D eigenvalue weighted by Crippen LogP contribution is 2.44. The summed E-state index contributed by atoms with van der Waals surface area (Å²) >= 11 is 1.08. The van der Waals surface area contributed by atoms with Crippen LogP contribution in [-0.4, -0.2) is 50.3 Å². The Balaban J connectivity index is 2.11. The quantitative estimate of drug-likeness (QED) is 0.745. The van der Waals surface area contributed by atoms with Gasteiger partial charge in [0.05, 0.1) is 22.4 Å². The molecule has 2 heterocycles. The van der Waals surface area contributed by atoms with Crippen LogP contribution in [-0.2, 0) is 20.3 Å². The molecule has 1 amide bonds. The molecule has 11 heteroatoms. The Morgan fingerprint density at radius 1 is 1.37 bits per heavy atom. The highest BCUT2D eigenvalue weighted by atomic mass is 32.2. The number of halogens is 1. The number of hydrogen-bond acceptors (Lipinski definition) is 7. The molecule has 0 fully saturated rings. The fourth-order valence-corrected chi connectivity index (χ4v) is 5.92. The molecule has 1 atom stereocenters. The molecule has 8 nitrogen and oxygen atoms in total. The van der Waals surface area contributed by atoms with E-state index in [1.807, 2.05) is 0 Å². The van der Waals surface area contributed by atoms with Crippen LogP contribution in [0.1, 0.15) is 32.6 Å². The van der Waals surface area contributed by atoms with E-state index in [0.717, 1.165) is 15.6 Å². The van der Waals surface area contributed by atoms with Gasteiger partial charge in [-0.2, -0.15) is 0 Å². The number of guanidine groups is 1. The molecule has 0 aliphatic carbocycles. The van der Waals surface area contributed by atoms with Crippen LogP contribution >= 0.6 is 11.3 Å². The monoisotopic (exact) mass is 457 g/mol. The second kappa shape index (κ2) is 7.38. The largest absolute Gasteiger partial charge is 0.495 e. The highest BCUT2D eigenvalue weighted by Gasteiger charge is 2.44. The van der Waals surface area contributed by atoms with Crippen LogP contribution < -0.4 is 10.1 Å². The lowest BCUT2D eigenvalue weighted by Crippen LogP contribution is -2.54. The van der Waals surface area contributed by atoms with E-state index in [1.165, 1.54) is 21.1 Å². The number of benzene rings is 1. The third-order valence-corrected chi connectivity index (χ3v) is 7.86. The summed E-state index contributed by atoms with van der Waals surface area (Å²) < 4.78 is 52.8. The van der Waals surface area contributed by atoms with Crippen molar-refractivity contribution in [2.45, 2.75) is 38.8 Å². The molecule has 0 spiro atoms. The zero-order valence-corrected chi connectivity index (χ0v) is 19.2. The Morgan fingerprint density at radius 2 is 2.03 bits per heavy atom. The Labute approximate surface area is 178 Å². The molecule has 164 valence electrons. The maximum atomic E-state index is 15.3. The zero-order valence-electron chi connectivity index (χ0n) is 17.6. The van der Waals surface area contributed by atoms with Crippen molar-refractivity contribution >= 4 is 43.5 Å². The predicted molar refractivity (Wildman–Crippen MR) is 114 cm³/mol. The summed E-state index contributed by atoms with van der Waals surface area (Å²) in [4.78, 5) is 16.8. The van der Waals surface area contributed by atoms with Crippen molar-refractivity contribution in [2.24, 2.45) is 4.99 Å². The van der Waals surface area contributed by atoms with E-state index >= 15 is 4.39 Å². The number of rotatable bonds is 2. The van der Waals surface area contributed by atoms with E-state index in [9.17, 15) is 13.2 Å². The van der Waals surface area contributed by atoms with Gasteiger partial charge < -0.3 is 9.47 Å². The molecule has 0 saturated heterocycles. The van der Waals surface area contributed by atoms with Gasteiger partial charge in [0.1, 0.15) is 22.7 Å². The van der Waals surface area contributed by atoms with Crippen molar-refractivity contribution in [1.29, 1.82) is 0 Å². The maximum absolute atomic E-state index is 15.3. The minimum Gasteiger partial charge on any atom is -0.495 e. The van der Waals surface area contributed by atoms with E-state index in [-0.39, 0.29) is 10.8 Å². The number of nitrogens with one attached hydrogen (secondary N) is 1. The van der Waals surface area contributed by atoms with E-state index < -0.39 is 38.8 Å². The van der Waals surface area contributed by atoms with Gasteiger partial charge in [-0.3, -0.25) is 5.32 Å². The van der Waals surface area contributed by atoms with Crippen LogP contribution in [0.15, 0.2) is 23.2 Å². The van der Waals surface area contributed by atoms with Crippen molar-refractivity contribution in [1.82, 2.24) is 9.62 Å². The molecule has 1 aromatic carbocycles. The zero-order chi connectivity index (χ0) is 22.5. The molecule has 1 N–H and O–H groups in total. The van der Waals surface area contributed by atoms with Crippen molar-refractivity contribution in [2.75, 3.05) is 19.9 Å².